The van der Waals surface area contributed by atoms with Gasteiger partial charge in [0.05, 0.1) is 23.3 Å². The third-order valence-corrected chi connectivity index (χ3v) is 8.68. The predicted molar refractivity (Wildman–Crippen MR) is 161 cm³/mol. The Hall–Kier alpha value is -4.37. The van der Waals surface area contributed by atoms with Crippen molar-refractivity contribution < 1.29 is 22.7 Å². The molecule has 0 spiro atoms. The Morgan fingerprint density at radius 3 is 2.51 bits per heavy atom. The molecule has 0 bridgehead atoms. The molecule has 0 saturated carbocycles. The summed E-state index contributed by atoms with van der Waals surface area (Å²) < 4.78 is 39.8. The molecule has 1 aliphatic heterocycles. The summed E-state index contributed by atoms with van der Waals surface area (Å²) in [6.07, 6.45) is 7.02. The molecule has 4 heterocycles. The molecule has 1 unspecified atom stereocenters. The summed E-state index contributed by atoms with van der Waals surface area (Å²) in [4.78, 5) is 14.5. The number of benzene rings is 1. The van der Waals surface area contributed by atoms with E-state index in [1.807, 2.05) is 63.8 Å². The van der Waals surface area contributed by atoms with Crippen molar-refractivity contribution in [3.63, 3.8) is 0 Å². The Morgan fingerprint density at radius 1 is 1.14 bits per heavy atom. The van der Waals surface area contributed by atoms with Crippen molar-refractivity contribution >= 4 is 21.4 Å². The number of hydrogen-bond acceptors (Lipinski definition) is 8. The van der Waals surface area contributed by atoms with E-state index in [0.29, 0.717) is 35.5 Å². The van der Waals surface area contributed by atoms with Crippen molar-refractivity contribution in [1.29, 1.82) is 5.26 Å². The van der Waals surface area contributed by atoms with Gasteiger partial charge in [-0.05, 0) is 71.2 Å². The monoisotopic (exact) mass is 604 g/mol. The summed E-state index contributed by atoms with van der Waals surface area (Å²) in [6.45, 7) is 10.6. The molecule has 1 amide bonds. The van der Waals surface area contributed by atoms with E-state index >= 15 is 0 Å². The third kappa shape index (κ3) is 6.37. The van der Waals surface area contributed by atoms with Gasteiger partial charge in [-0.1, -0.05) is 12.1 Å². The Kier molecular flexibility index (Phi) is 7.96. The largest absolute Gasteiger partial charge is 0.484 e. The van der Waals surface area contributed by atoms with Crippen LogP contribution >= 0.6 is 0 Å². The number of ether oxygens (including phenoxy) is 2. The Labute approximate surface area is 251 Å². The van der Waals surface area contributed by atoms with Crippen LogP contribution in [0.25, 0.3) is 16.6 Å². The number of piperidine rings is 1. The number of carbonyl (C=O) groups is 1. The smallest absolute Gasteiger partial charge is 0.410 e. The Balaban J connectivity index is 1.42. The number of fused-ring (bicyclic) bond motifs is 1. The molecule has 1 saturated heterocycles. The highest BCUT2D eigenvalue weighted by Crippen LogP contribution is 2.35. The van der Waals surface area contributed by atoms with Gasteiger partial charge < -0.3 is 14.4 Å². The molecule has 1 atom stereocenters. The second kappa shape index (κ2) is 11.4. The molecule has 1 aromatic carbocycles. The lowest BCUT2D eigenvalue weighted by atomic mass is 10.0. The van der Waals surface area contributed by atoms with E-state index in [4.69, 9.17) is 14.6 Å². The van der Waals surface area contributed by atoms with Crippen LogP contribution in [0.1, 0.15) is 69.5 Å². The van der Waals surface area contributed by atoms with Crippen LogP contribution in [0.4, 0.5) is 4.79 Å². The highest BCUT2D eigenvalue weighted by Gasteiger charge is 2.29. The van der Waals surface area contributed by atoms with Gasteiger partial charge in [0.15, 0.2) is 9.84 Å². The number of hydrogen-bond donors (Lipinski definition) is 0. The summed E-state index contributed by atoms with van der Waals surface area (Å²) in [5, 5.41) is 18.9. The molecule has 4 aromatic rings. The van der Waals surface area contributed by atoms with E-state index in [1.54, 1.807) is 27.6 Å². The van der Waals surface area contributed by atoms with Crippen molar-refractivity contribution in [2.75, 3.05) is 19.3 Å². The van der Waals surface area contributed by atoms with Gasteiger partial charge in [0.1, 0.15) is 34.6 Å². The maximum absolute atomic E-state index is 12.5. The molecular formula is C31H36N6O5S. The molecule has 0 aliphatic carbocycles. The molecule has 43 heavy (non-hydrogen) atoms. The minimum absolute atomic E-state index is 0.129. The van der Waals surface area contributed by atoms with Crippen LogP contribution in [-0.4, -0.2) is 63.8 Å². The molecule has 5 rings (SSSR count). The predicted octanol–water partition coefficient (Wildman–Crippen LogP) is 5.49. The number of nitriles is 1. The van der Waals surface area contributed by atoms with E-state index in [2.05, 4.69) is 11.2 Å². The minimum atomic E-state index is -3.39. The van der Waals surface area contributed by atoms with Crippen LogP contribution < -0.4 is 4.74 Å². The molecule has 0 radical (unpaired) electrons. The fourth-order valence-electron chi connectivity index (χ4n) is 5.35. The average molecular weight is 605 g/mol. The maximum atomic E-state index is 12.5. The molecule has 226 valence electrons. The second-order valence-electron chi connectivity index (χ2n) is 11.9. The van der Waals surface area contributed by atoms with Gasteiger partial charge in [0, 0.05) is 42.4 Å². The molecule has 11 nitrogen and oxygen atoms in total. The van der Waals surface area contributed by atoms with E-state index < -0.39 is 21.5 Å². The van der Waals surface area contributed by atoms with E-state index in [9.17, 15) is 18.5 Å². The number of aromatic nitrogens is 4. The van der Waals surface area contributed by atoms with Crippen LogP contribution in [0.3, 0.4) is 0 Å². The lowest BCUT2D eigenvalue weighted by Crippen LogP contribution is -2.42. The first kappa shape index (κ1) is 30.1. The number of sulfone groups is 1. The van der Waals surface area contributed by atoms with Gasteiger partial charge in [0.2, 0.25) is 0 Å². The van der Waals surface area contributed by atoms with E-state index in [-0.39, 0.29) is 17.0 Å². The fourth-order valence-corrected chi connectivity index (χ4v) is 6.03. The first-order chi connectivity index (χ1) is 20.2. The number of nitrogens with zero attached hydrogens (tertiary/aromatic N) is 6. The molecule has 1 fully saturated rings. The van der Waals surface area contributed by atoms with Crippen LogP contribution in [0.5, 0.6) is 5.75 Å². The number of carbonyl (C=O) groups excluding carboxylic acids is 1. The average Bonchev–Trinajstić information content (AvgIpc) is 3.55. The molecule has 1 aliphatic rings. The van der Waals surface area contributed by atoms with Crippen molar-refractivity contribution in [3.8, 4) is 22.9 Å². The van der Waals surface area contributed by atoms with Gasteiger partial charge in [-0.3, -0.25) is 4.68 Å². The number of likely N-dealkylation sites (tertiary alicyclic amines) is 1. The van der Waals surface area contributed by atoms with E-state index in [1.165, 1.54) is 12.5 Å². The summed E-state index contributed by atoms with van der Waals surface area (Å²) in [5.41, 5.74) is 3.70. The van der Waals surface area contributed by atoms with Gasteiger partial charge >= 0.3 is 6.09 Å². The van der Waals surface area contributed by atoms with E-state index in [0.717, 1.165) is 29.7 Å². The number of rotatable bonds is 6. The quantitative estimate of drug-likeness (QED) is 0.282. The highest BCUT2D eigenvalue weighted by atomic mass is 32.2. The Bertz CT molecular complexity index is 1820. The molecule has 12 heteroatoms. The zero-order valence-electron chi connectivity index (χ0n) is 25.2. The molecule has 3 aromatic heterocycles. The summed E-state index contributed by atoms with van der Waals surface area (Å²) in [5.74, 6) is 0.446. The normalized spacial score (nSPS) is 15.3. The lowest BCUT2D eigenvalue weighted by Gasteiger charge is -2.33. The number of amides is 1. The van der Waals surface area contributed by atoms with Crippen LogP contribution in [0.15, 0.2) is 53.8 Å². The number of pyridine rings is 1. The third-order valence-electron chi connectivity index (χ3n) is 7.57. The zero-order valence-corrected chi connectivity index (χ0v) is 26.1. The van der Waals surface area contributed by atoms with Gasteiger partial charge in [-0.15, -0.1) is 0 Å². The topological polar surface area (TPSA) is 132 Å². The van der Waals surface area contributed by atoms with Crippen molar-refractivity contribution in [2.45, 2.75) is 70.1 Å². The van der Waals surface area contributed by atoms with Crippen molar-refractivity contribution in [1.82, 2.24) is 24.3 Å². The molecular weight excluding hydrogens is 568 g/mol. The van der Waals surface area contributed by atoms with Gasteiger partial charge in [0.25, 0.3) is 0 Å². The van der Waals surface area contributed by atoms with Crippen LogP contribution in [0, 0.1) is 18.3 Å². The van der Waals surface area contributed by atoms with Crippen molar-refractivity contribution in [2.24, 2.45) is 0 Å². The summed E-state index contributed by atoms with van der Waals surface area (Å²) >= 11 is 0. The first-order valence-electron chi connectivity index (χ1n) is 14.2. The summed E-state index contributed by atoms with van der Waals surface area (Å²) in [6, 6.07) is 10.8. The second-order valence-corrected chi connectivity index (χ2v) is 14.0. The SMILES string of the molecule is Cc1c(-c2cc(OC(C)c3cccc(S(C)(=O)=O)c3)c3c(C#N)cnn3c2)cnn1C1CCN(C(=O)OC(C)(C)C)CC1. The standard InChI is InChI=1S/C31H36N6O5S/c1-20-27(18-34-37(20)25-10-12-35(13-11-25)30(38)42-31(3,4)5)23-15-28(29-24(16-32)17-33-36(29)19-23)41-21(2)22-8-7-9-26(14-22)43(6,39)40/h7-9,14-15,17-19,21,25H,10-13H2,1-6H3. The van der Waals surface area contributed by atoms with Crippen molar-refractivity contribution in [3.05, 3.63) is 65.7 Å². The lowest BCUT2D eigenvalue weighted by molar-refractivity contribution is 0.0184. The minimum Gasteiger partial charge on any atom is -0.484 e. The Morgan fingerprint density at radius 2 is 1.86 bits per heavy atom. The van der Waals surface area contributed by atoms with Crippen LogP contribution in [0.2, 0.25) is 0 Å². The molecule has 0 N–H and O–H groups in total. The highest BCUT2D eigenvalue weighted by molar-refractivity contribution is 7.90. The first-order valence-corrected chi connectivity index (χ1v) is 16.0. The van der Waals surface area contributed by atoms with Gasteiger partial charge in [-0.25, -0.2) is 17.7 Å². The summed E-state index contributed by atoms with van der Waals surface area (Å²) in [7, 11) is -3.39. The fraction of sp³-hybridized carbons (Fsp3) is 0.419. The maximum Gasteiger partial charge on any atom is 0.410 e. The van der Waals surface area contributed by atoms with Gasteiger partial charge in [-0.2, -0.15) is 15.5 Å². The zero-order chi connectivity index (χ0) is 31.1. The van der Waals surface area contributed by atoms with Crippen LogP contribution in [-0.2, 0) is 14.6 Å².